The van der Waals surface area contributed by atoms with Crippen LogP contribution in [-0.4, -0.2) is 44.7 Å². The predicted octanol–water partition coefficient (Wildman–Crippen LogP) is 3.03. The van der Waals surface area contributed by atoms with Crippen molar-refractivity contribution in [3.63, 3.8) is 0 Å². The number of aliphatic imine (C=N–C) groups is 1. The zero-order valence-corrected chi connectivity index (χ0v) is 14.3. The maximum absolute atomic E-state index is 5.79. The lowest BCUT2D eigenvalue weighted by Crippen LogP contribution is -2.29. The summed E-state index contributed by atoms with van der Waals surface area (Å²) in [7, 11) is 1.70. The van der Waals surface area contributed by atoms with E-state index in [9.17, 15) is 0 Å². The molecule has 0 unspecified atom stereocenters. The van der Waals surface area contributed by atoms with E-state index in [-0.39, 0.29) is 6.10 Å². The maximum Gasteiger partial charge on any atom is 0.0719 e. The highest BCUT2D eigenvalue weighted by molar-refractivity contribution is 9.10. The van der Waals surface area contributed by atoms with Gasteiger partial charge in [0.15, 0.2) is 0 Å². The van der Waals surface area contributed by atoms with Crippen molar-refractivity contribution in [3.8, 4) is 0 Å². The Hall–Kier alpha value is -1.01. The molecule has 0 bridgehead atoms. The van der Waals surface area contributed by atoms with Crippen LogP contribution in [0.3, 0.4) is 0 Å². The van der Waals surface area contributed by atoms with Crippen molar-refractivity contribution < 1.29 is 9.47 Å². The summed E-state index contributed by atoms with van der Waals surface area (Å²) in [6.07, 6.45) is 4.17. The first-order chi connectivity index (χ1) is 10.8. The van der Waals surface area contributed by atoms with Crippen molar-refractivity contribution in [1.82, 2.24) is 5.32 Å². The average Bonchev–Trinajstić information content (AvgIpc) is 3.17. The molecule has 0 aliphatic carbocycles. The molecule has 1 fully saturated rings. The number of ether oxygens (including phenoxy) is 2. The molecule has 4 nitrogen and oxygen atoms in total. The van der Waals surface area contributed by atoms with E-state index in [1.54, 1.807) is 7.11 Å². The van der Waals surface area contributed by atoms with E-state index in [1.165, 1.54) is 16.8 Å². The fourth-order valence-corrected chi connectivity index (χ4v) is 3.15. The van der Waals surface area contributed by atoms with Crippen molar-refractivity contribution in [1.29, 1.82) is 0 Å². The number of nitrogens with one attached hydrogen (secondary N) is 1. The zero-order chi connectivity index (χ0) is 15.4. The Morgan fingerprint density at radius 3 is 2.86 bits per heavy atom. The second kappa shape index (κ2) is 7.51. The molecule has 118 valence electrons. The van der Waals surface area contributed by atoms with Crippen molar-refractivity contribution in [2.45, 2.75) is 25.0 Å². The third-order valence-corrected chi connectivity index (χ3v) is 4.64. The lowest BCUT2D eigenvalue weighted by molar-refractivity contribution is 0.0267. The van der Waals surface area contributed by atoms with Crippen molar-refractivity contribution in [3.05, 3.63) is 40.5 Å². The van der Waals surface area contributed by atoms with Gasteiger partial charge in [-0.15, -0.1) is 0 Å². The second-order valence-electron chi connectivity index (χ2n) is 5.64. The van der Waals surface area contributed by atoms with E-state index in [1.807, 2.05) is 6.20 Å². The van der Waals surface area contributed by atoms with Gasteiger partial charge in [0.1, 0.15) is 0 Å². The Bertz CT molecular complexity index is 569. The van der Waals surface area contributed by atoms with Crippen LogP contribution < -0.4 is 5.32 Å². The number of hydrogen-bond donors (Lipinski definition) is 1. The third-order valence-electron chi connectivity index (χ3n) is 4.11. The minimum Gasteiger partial charge on any atom is -0.382 e. The molecule has 3 rings (SSSR count). The van der Waals surface area contributed by atoms with Gasteiger partial charge in [0.05, 0.1) is 19.3 Å². The SMILES string of the molecule is COCCO[C@@H]1CN[C@H](C2=NC=C(c3ccc(Br)cc3)C2)C1. The highest BCUT2D eigenvalue weighted by Crippen LogP contribution is 2.28. The summed E-state index contributed by atoms with van der Waals surface area (Å²) < 4.78 is 11.9. The molecular weight excluding hydrogens is 344 g/mol. The molecule has 0 radical (unpaired) electrons. The molecule has 0 saturated carbocycles. The lowest BCUT2D eigenvalue weighted by atomic mass is 9.99. The Morgan fingerprint density at radius 2 is 2.09 bits per heavy atom. The quantitative estimate of drug-likeness (QED) is 0.788. The Labute approximate surface area is 139 Å². The molecular formula is C17H21BrN2O2. The van der Waals surface area contributed by atoms with Gasteiger partial charge in [-0.3, -0.25) is 4.99 Å². The molecule has 1 aromatic rings. The van der Waals surface area contributed by atoms with Gasteiger partial charge in [-0.05, 0) is 29.7 Å². The van der Waals surface area contributed by atoms with Crippen LogP contribution in [0.4, 0.5) is 0 Å². The first-order valence-electron chi connectivity index (χ1n) is 7.61. The minimum absolute atomic E-state index is 0.264. The number of hydrogen-bond acceptors (Lipinski definition) is 4. The molecule has 5 heteroatoms. The molecule has 1 aromatic carbocycles. The van der Waals surface area contributed by atoms with Crippen LogP contribution in [0.2, 0.25) is 0 Å². The van der Waals surface area contributed by atoms with E-state index in [4.69, 9.17) is 9.47 Å². The first kappa shape index (κ1) is 15.9. The monoisotopic (exact) mass is 364 g/mol. The summed E-state index contributed by atoms with van der Waals surface area (Å²) in [5, 5.41) is 3.52. The molecule has 1 saturated heterocycles. The van der Waals surface area contributed by atoms with Gasteiger partial charge < -0.3 is 14.8 Å². The van der Waals surface area contributed by atoms with Gasteiger partial charge in [0.2, 0.25) is 0 Å². The third kappa shape index (κ3) is 3.84. The molecule has 2 heterocycles. The smallest absolute Gasteiger partial charge is 0.0719 e. The van der Waals surface area contributed by atoms with Crippen LogP contribution in [0, 0.1) is 0 Å². The van der Waals surface area contributed by atoms with Crippen LogP contribution in [-0.2, 0) is 9.47 Å². The highest BCUT2D eigenvalue weighted by Gasteiger charge is 2.30. The largest absolute Gasteiger partial charge is 0.382 e. The molecule has 1 N–H and O–H groups in total. The van der Waals surface area contributed by atoms with Crippen molar-refractivity contribution in [2.75, 3.05) is 26.9 Å². The van der Waals surface area contributed by atoms with Gasteiger partial charge in [-0.25, -0.2) is 0 Å². The predicted molar refractivity (Wildman–Crippen MR) is 92.2 cm³/mol. The molecule has 2 aliphatic heterocycles. The summed E-state index contributed by atoms with van der Waals surface area (Å²) in [5.74, 6) is 0. The van der Waals surface area contributed by atoms with Gasteiger partial charge in [0, 0.05) is 42.5 Å². The first-order valence-corrected chi connectivity index (χ1v) is 8.41. The molecule has 22 heavy (non-hydrogen) atoms. The van der Waals surface area contributed by atoms with Gasteiger partial charge >= 0.3 is 0 Å². The van der Waals surface area contributed by atoms with E-state index < -0.39 is 0 Å². The fourth-order valence-electron chi connectivity index (χ4n) is 2.88. The topological polar surface area (TPSA) is 42.9 Å². The number of benzene rings is 1. The molecule has 0 spiro atoms. The van der Waals surface area contributed by atoms with E-state index >= 15 is 0 Å². The van der Waals surface area contributed by atoms with Crippen molar-refractivity contribution in [2.24, 2.45) is 4.99 Å². The summed E-state index contributed by atoms with van der Waals surface area (Å²) in [4.78, 5) is 4.63. The van der Waals surface area contributed by atoms with Gasteiger partial charge in [-0.2, -0.15) is 0 Å². The van der Waals surface area contributed by atoms with E-state index in [0.717, 1.165) is 23.9 Å². The van der Waals surface area contributed by atoms with Crippen LogP contribution in [0.25, 0.3) is 5.57 Å². The summed E-state index contributed by atoms with van der Waals surface area (Å²) >= 11 is 3.47. The Morgan fingerprint density at radius 1 is 1.27 bits per heavy atom. The molecule has 0 aromatic heterocycles. The van der Waals surface area contributed by atoms with Crippen LogP contribution in [0.15, 0.2) is 39.9 Å². The lowest BCUT2D eigenvalue weighted by Gasteiger charge is -2.12. The maximum atomic E-state index is 5.79. The van der Waals surface area contributed by atoms with E-state index in [0.29, 0.717) is 19.3 Å². The normalized spacial score (nSPS) is 24.5. The molecule has 0 amide bonds. The van der Waals surface area contributed by atoms with Crippen LogP contribution in [0.5, 0.6) is 0 Å². The summed E-state index contributed by atoms with van der Waals surface area (Å²) in [6.45, 7) is 2.20. The summed E-state index contributed by atoms with van der Waals surface area (Å²) in [6, 6.07) is 8.74. The highest BCUT2D eigenvalue weighted by atomic mass is 79.9. The minimum atomic E-state index is 0.264. The van der Waals surface area contributed by atoms with Crippen LogP contribution >= 0.6 is 15.9 Å². The number of halogens is 1. The number of allylic oxidation sites excluding steroid dienone is 1. The van der Waals surface area contributed by atoms with Gasteiger partial charge in [-0.1, -0.05) is 28.1 Å². The average molecular weight is 365 g/mol. The number of methoxy groups -OCH3 is 1. The zero-order valence-electron chi connectivity index (χ0n) is 12.7. The van der Waals surface area contributed by atoms with Crippen molar-refractivity contribution >= 4 is 27.2 Å². The Kier molecular flexibility index (Phi) is 5.41. The van der Waals surface area contributed by atoms with E-state index in [2.05, 4.69) is 50.5 Å². The Balaban J connectivity index is 1.51. The fraction of sp³-hybridized carbons (Fsp3) is 0.471. The van der Waals surface area contributed by atoms with Crippen LogP contribution in [0.1, 0.15) is 18.4 Å². The standard InChI is InChI=1S/C17H21BrN2O2/c1-21-6-7-22-15-9-17(20-11-15)16-8-13(10-19-16)12-2-4-14(18)5-3-12/h2-5,10,15,17,20H,6-9,11H2,1H3/t15-,17-/m0/s1. The molecule has 2 aliphatic rings. The number of rotatable bonds is 6. The molecule has 2 atom stereocenters. The van der Waals surface area contributed by atoms with Gasteiger partial charge in [0.25, 0.3) is 0 Å². The summed E-state index contributed by atoms with van der Waals surface area (Å²) in [5.41, 5.74) is 3.75. The number of nitrogens with zero attached hydrogens (tertiary/aromatic N) is 1. The second-order valence-corrected chi connectivity index (χ2v) is 6.56.